The Labute approximate surface area is 119 Å². The molecule has 1 aromatic rings. The lowest BCUT2D eigenvalue weighted by Gasteiger charge is -2.29. The molecule has 1 aliphatic heterocycles. The minimum absolute atomic E-state index is 0.575. The molecule has 1 fully saturated rings. The Morgan fingerprint density at radius 3 is 3.00 bits per heavy atom. The van der Waals surface area contributed by atoms with E-state index in [1.165, 1.54) is 36.3 Å². The van der Waals surface area contributed by atoms with E-state index in [0.29, 0.717) is 6.04 Å². The van der Waals surface area contributed by atoms with E-state index in [4.69, 9.17) is 0 Å². The van der Waals surface area contributed by atoms with Crippen LogP contribution >= 0.6 is 23.5 Å². The van der Waals surface area contributed by atoms with Gasteiger partial charge >= 0.3 is 0 Å². The van der Waals surface area contributed by atoms with Gasteiger partial charge in [0.1, 0.15) is 0 Å². The topological polar surface area (TPSA) is 12.0 Å². The molecule has 1 saturated carbocycles. The van der Waals surface area contributed by atoms with Gasteiger partial charge in [0.2, 0.25) is 0 Å². The Morgan fingerprint density at radius 2 is 2.17 bits per heavy atom. The smallest absolute Gasteiger partial charge is 0.0417 e. The monoisotopic (exact) mass is 279 g/mol. The van der Waals surface area contributed by atoms with Crippen LogP contribution < -0.4 is 5.32 Å². The van der Waals surface area contributed by atoms with Crippen molar-refractivity contribution in [2.45, 2.75) is 42.3 Å². The Balaban J connectivity index is 1.67. The van der Waals surface area contributed by atoms with E-state index in [-0.39, 0.29) is 0 Å². The van der Waals surface area contributed by atoms with E-state index in [1.54, 1.807) is 5.56 Å². The lowest BCUT2D eigenvalue weighted by Crippen LogP contribution is -2.34. The zero-order valence-corrected chi connectivity index (χ0v) is 12.5. The molecule has 0 radical (unpaired) electrons. The first-order valence-electron chi connectivity index (χ1n) is 6.81. The molecule has 3 heteroatoms. The predicted molar refractivity (Wildman–Crippen MR) is 83.4 cm³/mol. The van der Waals surface area contributed by atoms with Crippen LogP contribution in [0, 0.1) is 0 Å². The normalized spacial score (nSPS) is 31.3. The second-order valence-corrected chi connectivity index (χ2v) is 7.47. The molecule has 3 atom stereocenters. The Bertz CT molecular complexity index is 407. The summed E-state index contributed by atoms with van der Waals surface area (Å²) in [6, 6.07) is 10.3. The molecule has 3 rings (SSSR count). The van der Waals surface area contributed by atoms with Gasteiger partial charge in [-0.1, -0.05) is 24.3 Å². The summed E-state index contributed by atoms with van der Waals surface area (Å²) in [7, 11) is 0. The predicted octanol–water partition coefficient (Wildman–Crippen LogP) is 3.85. The number of benzene rings is 1. The van der Waals surface area contributed by atoms with Crippen molar-refractivity contribution < 1.29 is 0 Å². The van der Waals surface area contributed by atoms with Crippen molar-refractivity contribution in [3.05, 3.63) is 35.4 Å². The van der Waals surface area contributed by atoms with Crippen LogP contribution in [0.25, 0.3) is 0 Å². The first kappa shape index (κ1) is 12.9. The van der Waals surface area contributed by atoms with Gasteiger partial charge in [0.15, 0.2) is 0 Å². The van der Waals surface area contributed by atoms with Gasteiger partial charge in [-0.25, -0.2) is 0 Å². The second-order valence-electron chi connectivity index (χ2n) is 5.30. The number of hydrogen-bond donors (Lipinski definition) is 1. The summed E-state index contributed by atoms with van der Waals surface area (Å²) in [5.74, 6) is 2.42. The van der Waals surface area contributed by atoms with Crippen LogP contribution in [0.1, 0.15) is 36.4 Å². The molecule has 3 unspecified atom stereocenters. The molecular weight excluding hydrogens is 258 g/mol. The third kappa shape index (κ3) is 2.73. The fourth-order valence-electron chi connectivity index (χ4n) is 3.11. The Kier molecular flexibility index (Phi) is 4.22. The minimum Gasteiger partial charge on any atom is -0.306 e. The summed E-state index contributed by atoms with van der Waals surface area (Å²) in [6.07, 6.45) is 6.35. The zero-order valence-electron chi connectivity index (χ0n) is 10.9. The highest BCUT2D eigenvalue weighted by molar-refractivity contribution is 7.99. The molecule has 0 saturated heterocycles. The summed E-state index contributed by atoms with van der Waals surface area (Å²) in [6.45, 7) is 0. The van der Waals surface area contributed by atoms with Crippen molar-refractivity contribution in [3.8, 4) is 0 Å². The first-order chi connectivity index (χ1) is 8.86. The number of thioether (sulfide) groups is 2. The maximum Gasteiger partial charge on any atom is 0.0417 e. The summed E-state index contributed by atoms with van der Waals surface area (Å²) >= 11 is 4.11. The maximum atomic E-state index is 3.90. The molecular formula is C15H21NS2. The molecule has 98 valence electrons. The molecule has 18 heavy (non-hydrogen) atoms. The van der Waals surface area contributed by atoms with Gasteiger partial charge in [-0.15, -0.1) is 0 Å². The molecule has 0 amide bonds. The molecule has 1 aliphatic carbocycles. The molecule has 0 aromatic heterocycles. The fourth-order valence-corrected chi connectivity index (χ4v) is 5.02. The van der Waals surface area contributed by atoms with Crippen molar-refractivity contribution >= 4 is 23.5 Å². The van der Waals surface area contributed by atoms with Crippen LogP contribution in [0.5, 0.6) is 0 Å². The van der Waals surface area contributed by atoms with Gasteiger partial charge in [0, 0.05) is 28.8 Å². The summed E-state index contributed by atoms with van der Waals surface area (Å²) in [5, 5.41) is 4.79. The Hall–Kier alpha value is -0.120. The lowest BCUT2D eigenvalue weighted by molar-refractivity contribution is 0.463. The van der Waals surface area contributed by atoms with Crippen molar-refractivity contribution in [1.29, 1.82) is 0 Å². The van der Waals surface area contributed by atoms with Crippen molar-refractivity contribution in [2.75, 3.05) is 12.0 Å². The van der Waals surface area contributed by atoms with Gasteiger partial charge in [-0.3, -0.25) is 0 Å². The number of fused-ring (bicyclic) bond motifs is 1. The van der Waals surface area contributed by atoms with Gasteiger partial charge in [-0.2, -0.15) is 23.5 Å². The molecule has 1 nitrogen and oxygen atoms in total. The number of nitrogens with one attached hydrogen (secondary N) is 1. The van der Waals surface area contributed by atoms with Gasteiger partial charge in [0.25, 0.3) is 0 Å². The molecule has 1 aromatic carbocycles. The fraction of sp³-hybridized carbons (Fsp3) is 0.600. The van der Waals surface area contributed by atoms with Crippen LogP contribution in [0.3, 0.4) is 0 Å². The standard InChI is InChI=1S/C15H21NS2/c1-17-13-7-6-12(8-13)16-15-10-18-9-11-4-2-3-5-14(11)15/h2-5,12-13,15-16H,6-10H2,1H3. The number of rotatable bonds is 3. The van der Waals surface area contributed by atoms with Crippen LogP contribution in [0.15, 0.2) is 24.3 Å². The van der Waals surface area contributed by atoms with Crippen LogP contribution in [-0.4, -0.2) is 23.3 Å². The van der Waals surface area contributed by atoms with Crippen LogP contribution in [-0.2, 0) is 5.75 Å². The molecule has 0 spiro atoms. The highest BCUT2D eigenvalue weighted by Crippen LogP contribution is 2.34. The second kappa shape index (κ2) is 5.89. The van der Waals surface area contributed by atoms with Gasteiger partial charge in [0.05, 0.1) is 0 Å². The van der Waals surface area contributed by atoms with E-state index in [9.17, 15) is 0 Å². The quantitative estimate of drug-likeness (QED) is 0.902. The third-order valence-corrected chi connectivity index (χ3v) is 6.31. The largest absolute Gasteiger partial charge is 0.306 e. The molecule has 0 bridgehead atoms. The third-order valence-electron chi connectivity index (χ3n) is 4.13. The minimum atomic E-state index is 0.575. The zero-order chi connectivity index (χ0) is 12.4. The first-order valence-corrected chi connectivity index (χ1v) is 9.25. The lowest BCUT2D eigenvalue weighted by atomic mass is 10.0. The van der Waals surface area contributed by atoms with Crippen molar-refractivity contribution in [2.24, 2.45) is 0 Å². The van der Waals surface area contributed by atoms with E-state index in [1.807, 2.05) is 11.8 Å². The molecule has 1 heterocycles. The average Bonchev–Trinajstić information content (AvgIpc) is 2.87. The van der Waals surface area contributed by atoms with E-state index >= 15 is 0 Å². The van der Waals surface area contributed by atoms with Crippen molar-refractivity contribution in [1.82, 2.24) is 5.32 Å². The Morgan fingerprint density at radius 1 is 1.28 bits per heavy atom. The summed E-state index contributed by atoms with van der Waals surface area (Å²) in [5.41, 5.74) is 3.08. The number of hydrogen-bond acceptors (Lipinski definition) is 3. The average molecular weight is 279 g/mol. The van der Waals surface area contributed by atoms with E-state index in [0.717, 1.165) is 11.3 Å². The van der Waals surface area contributed by atoms with E-state index < -0.39 is 0 Å². The maximum absolute atomic E-state index is 3.90. The van der Waals surface area contributed by atoms with Gasteiger partial charge in [-0.05, 0) is 36.6 Å². The molecule has 2 aliphatic rings. The van der Waals surface area contributed by atoms with Crippen molar-refractivity contribution in [3.63, 3.8) is 0 Å². The highest BCUT2D eigenvalue weighted by Gasteiger charge is 2.28. The molecule has 1 N–H and O–H groups in total. The summed E-state index contributed by atoms with van der Waals surface area (Å²) in [4.78, 5) is 0. The SMILES string of the molecule is CSC1CCC(NC2CSCc3ccccc32)C1. The van der Waals surface area contributed by atoms with Crippen LogP contribution in [0.2, 0.25) is 0 Å². The van der Waals surface area contributed by atoms with E-state index in [2.05, 4.69) is 47.6 Å². The van der Waals surface area contributed by atoms with Gasteiger partial charge < -0.3 is 5.32 Å². The van der Waals surface area contributed by atoms with Crippen LogP contribution in [0.4, 0.5) is 0 Å². The summed E-state index contributed by atoms with van der Waals surface area (Å²) < 4.78 is 0. The highest BCUT2D eigenvalue weighted by atomic mass is 32.2.